The molecule has 0 bridgehead atoms. The lowest BCUT2D eigenvalue weighted by atomic mass is 9.88. The van der Waals surface area contributed by atoms with E-state index in [1.807, 2.05) is 6.07 Å². The summed E-state index contributed by atoms with van der Waals surface area (Å²) in [7, 11) is 0. The number of aromatic nitrogens is 1. The van der Waals surface area contributed by atoms with E-state index in [-0.39, 0.29) is 5.56 Å². The molecule has 2 heterocycles. The SMILES string of the molecule is Cc1onc(-c2ccccc2Cl)c1C(=O)Nc1sc2c(c1C(N)=O)CC[C@@H](C)C2. The number of thiophene rings is 1. The van der Waals surface area contributed by atoms with E-state index >= 15 is 0 Å². The van der Waals surface area contributed by atoms with E-state index in [2.05, 4.69) is 17.4 Å². The van der Waals surface area contributed by atoms with Crippen LogP contribution in [0.3, 0.4) is 0 Å². The third kappa shape index (κ3) is 3.56. The van der Waals surface area contributed by atoms with Gasteiger partial charge in [0.05, 0.1) is 10.6 Å². The van der Waals surface area contributed by atoms with Crippen LogP contribution in [0.25, 0.3) is 11.3 Å². The minimum absolute atomic E-state index is 0.285. The Balaban J connectivity index is 1.73. The molecule has 150 valence electrons. The largest absolute Gasteiger partial charge is 0.365 e. The predicted molar refractivity (Wildman–Crippen MR) is 114 cm³/mol. The van der Waals surface area contributed by atoms with Gasteiger partial charge in [-0.3, -0.25) is 9.59 Å². The van der Waals surface area contributed by atoms with Gasteiger partial charge in [-0.2, -0.15) is 0 Å². The van der Waals surface area contributed by atoms with Crippen molar-refractivity contribution in [1.82, 2.24) is 5.16 Å². The molecule has 0 unspecified atom stereocenters. The molecule has 4 rings (SSSR count). The van der Waals surface area contributed by atoms with Crippen LogP contribution >= 0.6 is 22.9 Å². The van der Waals surface area contributed by atoms with Crippen LogP contribution in [-0.2, 0) is 12.8 Å². The van der Waals surface area contributed by atoms with Gasteiger partial charge in [-0.1, -0.05) is 41.9 Å². The third-order valence-electron chi connectivity index (χ3n) is 5.20. The average Bonchev–Trinajstić information content (AvgIpc) is 3.21. The molecule has 0 saturated heterocycles. The number of nitrogens with one attached hydrogen (secondary N) is 1. The molecular formula is C21H20ClN3O3S. The van der Waals surface area contributed by atoms with Gasteiger partial charge >= 0.3 is 0 Å². The number of aryl methyl sites for hydroxylation is 1. The molecule has 1 atom stereocenters. The van der Waals surface area contributed by atoms with Gasteiger partial charge in [0.1, 0.15) is 22.0 Å². The zero-order valence-corrected chi connectivity index (χ0v) is 17.6. The molecule has 2 amide bonds. The van der Waals surface area contributed by atoms with Crippen molar-refractivity contribution in [2.24, 2.45) is 11.7 Å². The Morgan fingerprint density at radius 3 is 2.79 bits per heavy atom. The Labute approximate surface area is 177 Å². The van der Waals surface area contributed by atoms with E-state index in [9.17, 15) is 9.59 Å². The average molecular weight is 430 g/mol. The van der Waals surface area contributed by atoms with Gasteiger partial charge in [-0.05, 0) is 43.7 Å². The van der Waals surface area contributed by atoms with Crippen LogP contribution in [0.5, 0.6) is 0 Å². The summed E-state index contributed by atoms with van der Waals surface area (Å²) in [5.74, 6) is -0.0286. The number of rotatable bonds is 4. The molecule has 0 saturated carbocycles. The molecule has 8 heteroatoms. The zero-order valence-electron chi connectivity index (χ0n) is 16.0. The normalized spacial score (nSPS) is 15.8. The molecule has 0 aliphatic heterocycles. The molecule has 0 fully saturated rings. The van der Waals surface area contributed by atoms with Gasteiger partial charge in [0.2, 0.25) is 0 Å². The number of carbonyl (C=O) groups excluding carboxylic acids is 2. The standard InChI is InChI=1S/C21H20ClN3O3S/c1-10-7-8-13-15(9-10)29-21(17(13)19(23)26)24-20(27)16-11(2)28-25-18(16)12-5-3-4-6-14(12)22/h3-6,10H,7-9H2,1-2H3,(H2,23,26)(H,24,27)/t10-/m1/s1. The number of halogens is 1. The first-order chi connectivity index (χ1) is 13.9. The van der Waals surface area contributed by atoms with Crippen LogP contribution in [0.1, 0.15) is 50.3 Å². The molecule has 29 heavy (non-hydrogen) atoms. The van der Waals surface area contributed by atoms with Crippen molar-refractivity contribution < 1.29 is 14.1 Å². The van der Waals surface area contributed by atoms with Crippen LogP contribution in [0.15, 0.2) is 28.8 Å². The first-order valence-electron chi connectivity index (χ1n) is 9.33. The lowest BCUT2D eigenvalue weighted by Gasteiger charge is -2.18. The fourth-order valence-corrected chi connectivity index (χ4v) is 5.38. The molecule has 3 N–H and O–H groups in total. The molecule has 1 aliphatic rings. The highest BCUT2D eigenvalue weighted by Crippen LogP contribution is 2.40. The number of benzene rings is 1. The van der Waals surface area contributed by atoms with Crippen LogP contribution in [-0.4, -0.2) is 17.0 Å². The maximum atomic E-state index is 13.2. The van der Waals surface area contributed by atoms with Gasteiger partial charge in [-0.25, -0.2) is 0 Å². The maximum absolute atomic E-state index is 13.2. The van der Waals surface area contributed by atoms with Crippen LogP contribution < -0.4 is 11.1 Å². The number of nitrogens with two attached hydrogens (primary N) is 1. The first-order valence-corrected chi connectivity index (χ1v) is 10.5. The Bertz CT molecular complexity index is 1120. The van der Waals surface area contributed by atoms with Crippen molar-refractivity contribution in [3.05, 3.63) is 56.6 Å². The Hall–Kier alpha value is -2.64. The van der Waals surface area contributed by atoms with Crippen LogP contribution in [0.2, 0.25) is 5.02 Å². The number of anilines is 1. The minimum Gasteiger partial charge on any atom is -0.365 e. The summed E-state index contributed by atoms with van der Waals surface area (Å²) >= 11 is 7.70. The summed E-state index contributed by atoms with van der Waals surface area (Å²) in [6.45, 7) is 3.85. The molecule has 2 aromatic heterocycles. The number of nitrogens with zero attached hydrogens (tertiary/aromatic N) is 1. The summed E-state index contributed by atoms with van der Waals surface area (Å²) in [6, 6.07) is 7.11. The van der Waals surface area contributed by atoms with E-state index in [0.29, 0.717) is 38.5 Å². The lowest BCUT2D eigenvalue weighted by molar-refractivity contribution is 0.1000. The minimum atomic E-state index is -0.527. The summed E-state index contributed by atoms with van der Waals surface area (Å²) in [6.07, 6.45) is 2.67. The number of hydrogen-bond acceptors (Lipinski definition) is 5. The summed E-state index contributed by atoms with van der Waals surface area (Å²) < 4.78 is 5.28. The Morgan fingerprint density at radius 2 is 2.07 bits per heavy atom. The number of primary amides is 1. The number of amides is 2. The van der Waals surface area contributed by atoms with E-state index in [4.69, 9.17) is 21.9 Å². The van der Waals surface area contributed by atoms with E-state index < -0.39 is 11.8 Å². The molecule has 0 radical (unpaired) electrons. The van der Waals surface area contributed by atoms with Gasteiger partial charge < -0.3 is 15.6 Å². The summed E-state index contributed by atoms with van der Waals surface area (Å²) in [5.41, 5.74) is 8.28. The molecular weight excluding hydrogens is 410 g/mol. The topological polar surface area (TPSA) is 98.2 Å². The van der Waals surface area contributed by atoms with E-state index in [1.54, 1.807) is 25.1 Å². The number of carbonyl (C=O) groups is 2. The van der Waals surface area contributed by atoms with Crippen molar-refractivity contribution >= 4 is 39.8 Å². The third-order valence-corrected chi connectivity index (χ3v) is 6.70. The van der Waals surface area contributed by atoms with Crippen molar-refractivity contribution in [2.75, 3.05) is 5.32 Å². The van der Waals surface area contributed by atoms with Crippen molar-refractivity contribution in [3.8, 4) is 11.3 Å². The highest BCUT2D eigenvalue weighted by Gasteiger charge is 2.29. The quantitative estimate of drug-likeness (QED) is 0.619. The van der Waals surface area contributed by atoms with Crippen LogP contribution in [0.4, 0.5) is 5.00 Å². The molecule has 0 spiro atoms. The highest BCUT2D eigenvalue weighted by molar-refractivity contribution is 7.17. The van der Waals surface area contributed by atoms with Gasteiger partial charge in [0.25, 0.3) is 11.8 Å². The number of hydrogen-bond donors (Lipinski definition) is 2. The maximum Gasteiger partial charge on any atom is 0.262 e. The summed E-state index contributed by atoms with van der Waals surface area (Å²) in [4.78, 5) is 26.4. The number of fused-ring (bicyclic) bond motifs is 1. The molecule has 1 aromatic carbocycles. The molecule has 3 aromatic rings. The van der Waals surface area contributed by atoms with E-state index in [0.717, 1.165) is 29.7 Å². The van der Waals surface area contributed by atoms with Crippen molar-refractivity contribution in [2.45, 2.75) is 33.1 Å². The highest BCUT2D eigenvalue weighted by atomic mass is 35.5. The van der Waals surface area contributed by atoms with Gasteiger partial charge in [0, 0.05) is 10.4 Å². The van der Waals surface area contributed by atoms with Crippen LogP contribution in [0, 0.1) is 12.8 Å². The van der Waals surface area contributed by atoms with Crippen molar-refractivity contribution in [3.63, 3.8) is 0 Å². The predicted octanol–water partition coefficient (Wildman–Crippen LogP) is 4.84. The second-order valence-electron chi connectivity index (χ2n) is 7.32. The zero-order chi connectivity index (χ0) is 20.7. The van der Waals surface area contributed by atoms with Gasteiger partial charge in [0.15, 0.2) is 0 Å². The Kier molecular flexibility index (Phi) is 5.19. The van der Waals surface area contributed by atoms with Gasteiger partial charge in [-0.15, -0.1) is 11.3 Å². The second-order valence-corrected chi connectivity index (χ2v) is 8.83. The van der Waals surface area contributed by atoms with E-state index in [1.165, 1.54) is 11.3 Å². The lowest BCUT2D eigenvalue weighted by Crippen LogP contribution is -2.19. The fraction of sp³-hybridized carbons (Fsp3) is 0.286. The molecule has 1 aliphatic carbocycles. The second kappa shape index (κ2) is 7.65. The summed E-state index contributed by atoms with van der Waals surface area (Å²) in [5, 5.41) is 7.85. The Morgan fingerprint density at radius 1 is 1.31 bits per heavy atom. The monoisotopic (exact) mass is 429 g/mol. The molecule has 6 nitrogen and oxygen atoms in total. The first kappa shape index (κ1) is 19.7. The fourth-order valence-electron chi connectivity index (χ4n) is 3.74. The van der Waals surface area contributed by atoms with Crippen molar-refractivity contribution in [1.29, 1.82) is 0 Å². The smallest absolute Gasteiger partial charge is 0.262 e.